The van der Waals surface area contributed by atoms with Gasteiger partial charge in [-0.05, 0) is 49.2 Å². The van der Waals surface area contributed by atoms with Gasteiger partial charge < -0.3 is 0 Å². The lowest BCUT2D eigenvalue weighted by Gasteiger charge is -2.28. The van der Waals surface area contributed by atoms with Gasteiger partial charge in [0.1, 0.15) is 0 Å². The molecule has 0 unspecified atom stereocenters. The van der Waals surface area contributed by atoms with E-state index in [2.05, 4.69) is 0 Å². The van der Waals surface area contributed by atoms with Crippen LogP contribution in [0.3, 0.4) is 0 Å². The lowest BCUT2D eigenvalue weighted by Crippen LogP contribution is -2.35. The molecule has 22 heavy (non-hydrogen) atoms. The predicted molar refractivity (Wildman–Crippen MR) is 80.2 cm³/mol. The van der Waals surface area contributed by atoms with Crippen molar-refractivity contribution in [2.45, 2.75) is 25.7 Å². The number of halogens is 6. The second-order valence-electron chi connectivity index (χ2n) is 5.08. The summed E-state index contributed by atoms with van der Waals surface area (Å²) in [6.07, 6.45) is 0. The fourth-order valence-corrected chi connectivity index (χ4v) is 2.28. The van der Waals surface area contributed by atoms with E-state index >= 15 is 0 Å². The second-order valence-corrected chi connectivity index (χ2v) is 5.89. The molecule has 0 aliphatic heterocycles. The van der Waals surface area contributed by atoms with E-state index in [4.69, 9.17) is 23.2 Å². The van der Waals surface area contributed by atoms with Crippen molar-refractivity contribution in [2.75, 3.05) is 0 Å². The van der Waals surface area contributed by atoms with Crippen LogP contribution in [0.5, 0.6) is 0 Å². The van der Waals surface area contributed by atoms with Crippen LogP contribution in [0.1, 0.15) is 22.3 Å². The van der Waals surface area contributed by atoms with E-state index in [1.807, 2.05) is 0 Å². The van der Waals surface area contributed by atoms with Crippen molar-refractivity contribution in [1.82, 2.24) is 0 Å². The van der Waals surface area contributed by atoms with Gasteiger partial charge in [0.05, 0.1) is 0 Å². The average molecular weight is 351 g/mol. The Bertz CT molecular complexity index is 650. The fraction of sp³-hybridized carbons (Fsp3) is 0.250. The monoisotopic (exact) mass is 350 g/mol. The minimum absolute atomic E-state index is 0.241. The Balaban J connectivity index is 2.53. The first-order chi connectivity index (χ1) is 10.1. The van der Waals surface area contributed by atoms with Crippen LogP contribution in [0.15, 0.2) is 36.4 Å². The molecule has 0 atom stereocenters. The van der Waals surface area contributed by atoms with Crippen LogP contribution in [0.2, 0.25) is 10.0 Å². The quantitative estimate of drug-likeness (QED) is 0.554. The zero-order valence-corrected chi connectivity index (χ0v) is 13.2. The van der Waals surface area contributed by atoms with Gasteiger partial charge in [0.2, 0.25) is 0 Å². The maximum atomic E-state index is 14.3. The lowest BCUT2D eigenvalue weighted by molar-refractivity contribution is -0.223. The first-order valence-corrected chi connectivity index (χ1v) is 7.12. The summed E-state index contributed by atoms with van der Waals surface area (Å²) in [5, 5.41) is 0.482. The molecular formula is C16H12Cl2F4. The van der Waals surface area contributed by atoms with Crippen LogP contribution >= 0.6 is 23.2 Å². The first-order valence-electron chi connectivity index (χ1n) is 6.36. The van der Waals surface area contributed by atoms with Crippen LogP contribution in [0, 0.1) is 13.8 Å². The number of benzene rings is 2. The van der Waals surface area contributed by atoms with Gasteiger partial charge in [-0.1, -0.05) is 35.3 Å². The van der Waals surface area contributed by atoms with Crippen molar-refractivity contribution >= 4 is 23.2 Å². The zero-order chi connectivity index (χ0) is 16.7. The number of aryl methyl sites for hydroxylation is 2. The molecule has 0 N–H and O–H groups in total. The first kappa shape index (κ1) is 17.1. The van der Waals surface area contributed by atoms with Crippen molar-refractivity contribution in [3.63, 3.8) is 0 Å². The van der Waals surface area contributed by atoms with Gasteiger partial charge >= 0.3 is 11.8 Å². The smallest absolute Gasteiger partial charge is 0.194 e. The highest BCUT2D eigenvalue weighted by Gasteiger charge is 2.58. The number of hydrogen-bond acceptors (Lipinski definition) is 0. The Kier molecular flexibility index (Phi) is 4.46. The predicted octanol–water partition coefficient (Wildman–Crippen LogP) is 6.49. The summed E-state index contributed by atoms with van der Waals surface area (Å²) in [6.45, 7) is 2.96. The molecule has 0 bridgehead atoms. The van der Waals surface area contributed by atoms with Crippen molar-refractivity contribution in [1.29, 1.82) is 0 Å². The Labute approximate surface area is 135 Å². The minimum atomic E-state index is -4.37. The Morgan fingerprint density at radius 2 is 1.00 bits per heavy atom. The van der Waals surface area contributed by atoms with Gasteiger partial charge in [0.25, 0.3) is 0 Å². The summed E-state index contributed by atoms with van der Waals surface area (Å²) in [4.78, 5) is 0. The summed E-state index contributed by atoms with van der Waals surface area (Å²) in [5.41, 5.74) is -0.956. The maximum Gasteiger partial charge on any atom is 0.339 e. The fourth-order valence-electron chi connectivity index (χ4n) is 2.04. The molecule has 0 aliphatic rings. The highest BCUT2D eigenvalue weighted by Crippen LogP contribution is 2.50. The molecule has 0 aliphatic carbocycles. The van der Waals surface area contributed by atoms with Crippen molar-refractivity contribution in [3.8, 4) is 0 Å². The molecule has 0 nitrogen and oxygen atoms in total. The Morgan fingerprint density at radius 1 is 0.682 bits per heavy atom. The molecule has 0 radical (unpaired) electrons. The molecule has 0 saturated heterocycles. The van der Waals surface area contributed by atoms with E-state index in [1.54, 1.807) is 0 Å². The number of alkyl halides is 4. The number of rotatable bonds is 3. The van der Waals surface area contributed by atoms with E-state index in [9.17, 15) is 17.6 Å². The summed E-state index contributed by atoms with van der Waals surface area (Å²) in [6, 6.07) is 6.13. The molecule has 0 heterocycles. The van der Waals surface area contributed by atoms with E-state index in [0.717, 1.165) is 24.3 Å². The maximum absolute atomic E-state index is 14.3. The minimum Gasteiger partial charge on any atom is -0.194 e. The van der Waals surface area contributed by atoms with Crippen LogP contribution in [0.4, 0.5) is 17.6 Å². The summed E-state index contributed by atoms with van der Waals surface area (Å²) >= 11 is 11.5. The summed E-state index contributed by atoms with van der Waals surface area (Å²) in [7, 11) is 0. The standard InChI is InChI=1S/C16H12Cl2F4/c1-9-7-11(3-5-13(9)17)15(19,20)16(21,22)12-4-6-14(18)10(2)8-12/h3-8H,1-2H3. The zero-order valence-electron chi connectivity index (χ0n) is 11.7. The van der Waals surface area contributed by atoms with Gasteiger partial charge in [0.15, 0.2) is 0 Å². The van der Waals surface area contributed by atoms with Crippen LogP contribution < -0.4 is 0 Å². The van der Waals surface area contributed by atoms with E-state index in [1.165, 1.54) is 26.0 Å². The SMILES string of the molecule is Cc1cc(C(F)(F)C(F)(F)c2ccc(Cl)c(C)c2)ccc1Cl. The molecule has 0 amide bonds. The van der Waals surface area contributed by atoms with Gasteiger partial charge in [-0.2, -0.15) is 17.6 Å². The third-order valence-corrected chi connectivity index (χ3v) is 4.28. The van der Waals surface area contributed by atoms with Crippen LogP contribution in [-0.2, 0) is 11.8 Å². The normalized spacial score (nSPS) is 12.5. The largest absolute Gasteiger partial charge is 0.339 e. The van der Waals surface area contributed by atoms with Gasteiger partial charge in [-0.25, -0.2) is 0 Å². The summed E-state index contributed by atoms with van der Waals surface area (Å²) < 4.78 is 57.3. The number of hydrogen-bond donors (Lipinski definition) is 0. The summed E-state index contributed by atoms with van der Waals surface area (Å²) in [5.74, 6) is -8.74. The average Bonchev–Trinajstić information content (AvgIpc) is 2.44. The van der Waals surface area contributed by atoms with Gasteiger partial charge in [-0.3, -0.25) is 0 Å². The van der Waals surface area contributed by atoms with Gasteiger partial charge in [0, 0.05) is 21.2 Å². The Hall–Kier alpha value is -1.26. The Morgan fingerprint density at radius 3 is 1.27 bits per heavy atom. The molecule has 0 aromatic heterocycles. The molecule has 0 fully saturated rings. The molecule has 118 valence electrons. The van der Waals surface area contributed by atoms with Crippen molar-refractivity contribution in [2.24, 2.45) is 0 Å². The molecule has 2 rings (SSSR count). The third-order valence-electron chi connectivity index (χ3n) is 3.44. The van der Waals surface area contributed by atoms with Gasteiger partial charge in [-0.15, -0.1) is 0 Å². The van der Waals surface area contributed by atoms with Crippen LogP contribution in [0.25, 0.3) is 0 Å². The highest BCUT2D eigenvalue weighted by molar-refractivity contribution is 6.31. The second kappa shape index (κ2) is 5.74. The topological polar surface area (TPSA) is 0 Å². The van der Waals surface area contributed by atoms with Crippen molar-refractivity contribution < 1.29 is 17.6 Å². The van der Waals surface area contributed by atoms with E-state index < -0.39 is 23.0 Å². The third kappa shape index (κ3) is 2.82. The van der Waals surface area contributed by atoms with E-state index in [0.29, 0.717) is 11.1 Å². The van der Waals surface area contributed by atoms with Crippen LogP contribution in [-0.4, -0.2) is 0 Å². The molecule has 2 aromatic rings. The molecular weight excluding hydrogens is 339 g/mol. The molecule has 0 saturated carbocycles. The molecule has 2 aromatic carbocycles. The highest BCUT2D eigenvalue weighted by atomic mass is 35.5. The van der Waals surface area contributed by atoms with Crippen molar-refractivity contribution in [3.05, 3.63) is 68.7 Å². The molecule has 0 spiro atoms. The molecule has 6 heteroatoms. The lowest BCUT2D eigenvalue weighted by atomic mass is 9.94. The van der Waals surface area contributed by atoms with E-state index in [-0.39, 0.29) is 10.0 Å².